The van der Waals surface area contributed by atoms with Crippen molar-refractivity contribution in [1.29, 1.82) is 0 Å². The summed E-state index contributed by atoms with van der Waals surface area (Å²) in [6, 6.07) is 13.4. The van der Waals surface area contributed by atoms with Crippen LogP contribution in [0.1, 0.15) is 18.9 Å². The first-order chi connectivity index (χ1) is 12.9. The van der Waals surface area contributed by atoms with Gasteiger partial charge in [-0.3, -0.25) is 9.59 Å². The molecule has 1 saturated heterocycles. The van der Waals surface area contributed by atoms with Crippen LogP contribution in [0.3, 0.4) is 0 Å². The van der Waals surface area contributed by atoms with Gasteiger partial charge in [0, 0.05) is 12.6 Å². The van der Waals surface area contributed by atoms with Crippen molar-refractivity contribution < 1.29 is 18.0 Å². The Bertz CT molecular complexity index is 950. The van der Waals surface area contributed by atoms with Crippen LogP contribution in [0.5, 0.6) is 0 Å². The van der Waals surface area contributed by atoms with Crippen LogP contribution in [0.4, 0.5) is 0 Å². The van der Waals surface area contributed by atoms with Gasteiger partial charge < -0.3 is 10.2 Å². The number of benzene rings is 2. The highest BCUT2D eigenvalue weighted by atomic mass is 32.2. The van der Waals surface area contributed by atoms with Crippen LogP contribution in [0.25, 0.3) is 10.8 Å². The lowest BCUT2D eigenvalue weighted by atomic mass is 10.0. The van der Waals surface area contributed by atoms with Crippen molar-refractivity contribution >= 4 is 32.4 Å². The maximum Gasteiger partial charge on any atom is 0.239 e. The molecule has 27 heavy (non-hydrogen) atoms. The van der Waals surface area contributed by atoms with Gasteiger partial charge in [0.15, 0.2) is 9.84 Å². The van der Waals surface area contributed by atoms with E-state index in [0.29, 0.717) is 13.0 Å². The van der Waals surface area contributed by atoms with E-state index < -0.39 is 9.84 Å². The maximum atomic E-state index is 12.7. The van der Waals surface area contributed by atoms with Crippen LogP contribution in [0.2, 0.25) is 0 Å². The molecular weight excluding hydrogens is 364 g/mol. The van der Waals surface area contributed by atoms with E-state index in [1.807, 2.05) is 49.4 Å². The van der Waals surface area contributed by atoms with E-state index in [1.54, 1.807) is 0 Å². The molecule has 1 aliphatic rings. The third-order valence-electron chi connectivity index (χ3n) is 4.89. The summed E-state index contributed by atoms with van der Waals surface area (Å²) in [5.74, 6) is -0.349. The third-order valence-corrected chi connectivity index (χ3v) is 6.66. The van der Waals surface area contributed by atoms with Crippen molar-refractivity contribution in [2.75, 3.05) is 24.6 Å². The Morgan fingerprint density at radius 3 is 2.59 bits per heavy atom. The molecule has 1 heterocycles. The Labute approximate surface area is 159 Å². The number of carbonyl (C=O) groups excluding carboxylic acids is 2. The molecule has 2 amide bonds. The molecule has 1 atom stereocenters. The number of hydrogen-bond donors (Lipinski definition) is 1. The first-order valence-corrected chi connectivity index (χ1v) is 10.9. The molecule has 6 nitrogen and oxygen atoms in total. The number of fused-ring (bicyclic) bond motifs is 1. The van der Waals surface area contributed by atoms with Gasteiger partial charge in [-0.1, -0.05) is 42.5 Å². The van der Waals surface area contributed by atoms with Crippen LogP contribution in [-0.4, -0.2) is 55.8 Å². The molecule has 0 unspecified atom stereocenters. The number of rotatable bonds is 6. The van der Waals surface area contributed by atoms with Crippen molar-refractivity contribution in [3.63, 3.8) is 0 Å². The van der Waals surface area contributed by atoms with E-state index in [1.165, 1.54) is 4.90 Å². The number of sulfone groups is 1. The maximum absolute atomic E-state index is 12.7. The van der Waals surface area contributed by atoms with Gasteiger partial charge in [-0.15, -0.1) is 0 Å². The molecule has 0 aliphatic carbocycles. The summed E-state index contributed by atoms with van der Waals surface area (Å²) in [7, 11) is -3.05. The number of likely N-dealkylation sites (N-methyl/N-ethyl adjacent to an activating group) is 1. The lowest BCUT2D eigenvalue weighted by molar-refractivity contribution is -0.135. The fraction of sp³-hybridized carbons (Fsp3) is 0.400. The van der Waals surface area contributed by atoms with Crippen LogP contribution in [0.15, 0.2) is 42.5 Å². The minimum Gasteiger partial charge on any atom is -0.351 e. The van der Waals surface area contributed by atoms with E-state index in [2.05, 4.69) is 5.32 Å². The molecule has 0 saturated carbocycles. The van der Waals surface area contributed by atoms with E-state index in [0.717, 1.165) is 16.3 Å². The average Bonchev–Trinajstić information content (AvgIpc) is 2.98. The van der Waals surface area contributed by atoms with E-state index in [4.69, 9.17) is 0 Å². The lowest BCUT2D eigenvalue weighted by Crippen LogP contribution is -2.45. The SMILES string of the molecule is CCN(CC(=O)N[C@@H]1CCS(=O)(=O)C1)C(=O)Cc1cccc2ccccc12. The summed E-state index contributed by atoms with van der Waals surface area (Å²) in [5, 5.41) is 4.84. The van der Waals surface area contributed by atoms with Crippen molar-refractivity contribution in [1.82, 2.24) is 10.2 Å². The summed E-state index contributed by atoms with van der Waals surface area (Å²) in [4.78, 5) is 26.5. The molecule has 0 bridgehead atoms. The van der Waals surface area contributed by atoms with Crippen LogP contribution in [-0.2, 0) is 25.8 Å². The largest absolute Gasteiger partial charge is 0.351 e. The molecule has 2 aromatic carbocycles. The topological polar surface area (TPSA) is 83.6 Å². The van der Waals surface area contributed by atoms with Gasteiger partial charge in [-0.05, 0) is 29.7 Å². The molecular formula is C20H24N2O4S. The second-order valence-electron chi connectivity index (χ2n) is 6.89. The zero-order valence-corrected chi connectivity index (χ0v) is 16.2. The Morgan fingerprint density at radius 2 is 1.89 bits per heavy atom. The summed E-state index contributed by atoms with van der Waals surface area (Å²) < 4.78 is 23.0. The molecule has 1 N–H and O–H groups in total. The van der Waals surface area contributed by atoms with Gasteiger partial charge in [-0.2, -0.15) is 0 Å². The predicted molar refractivity (Wildman–Crippen MR) is 105 cm³/mol. The first kappa shape index (κ1) is 19.4. The first-order valence-electron chi connectivity index (χ1n) is 9.12. The highest BCUT2D eigenvalue weighted by molar-refractivity contribution is 7.91. The fourth-order valence-corrected chi connectivity index (χ4v) is 5.13. The van der Waals surface area contributed by atoms with E-state index in [-0.39, 0.29) is 42.3 Å². The molecule has 0 spiro atoms. The van der Waals surface area contributed by atoms with Gasteiger partial charge >= 0.3 is 0 Å². The number of carbonyl (C=O) groups is 2. The minimum absolute atomic E-state index is 0.0190. The average molecular weight is 388 g/mol. The number of hydrogen-bond acceptors (Lipinski definition) is 4. The molecule has 144 valence electrons. The van der Waals surface area contributed by atoms with Crippen LogP contribution < -0.4 is 5.32 Å². The predicted octanol–water partition coefficient (Wildman–Crippen LogP) is 1.53. The molecule has 7 heteroatoms. The highest BCUT2D eigenvalue weighted by Crippen LogP contribution is 2.19. The zero-order valence-electron chi connectivity index (χ0n) is 15.3. The van der Waals surface area contributed by atoms with Gasteiger partial charge in [-0.25, -0.2) is 8.42 Å². The molecule has 3 rings (SSSR count). The fourth-order valence-electron chi connectivity index (χ4n) is 3.45. The van der Waals surface area contributed by atoms with E-state index >= 15 is 0 Å². The quantitative estimate of drug-likeness (QED) is 0.814. The van der Waals surface area contributed by atoms with Crippen molar-refractivity contribution in [2.45, 2.75) is 25.8 Å². The molecule has 1 fully saturated rings. The van der Waals surface area contributed by atoms with Crippen molar-refractivity contribution in [3.8, 4) is 0 Å². The Kier molecular flexibility index (Phi) is 5.79. The molecule has 1 aliphatic heterocycles. The zero-order chi connectivity index (χ0) is 19.4. The summed E-state index contributed by atoms with van der Waals surface area (Å²) in [6.45, 7) is 2.19. The lowest BCUT2D eigenvalue weighted by Gasteiger charge is -2.22. The summed E-state index contributed by atoms with van der Waals surface area (Å²) in [5.41, 5.74) is 0.929. The normalized spacial score (nSPS) is 18.3. The van der Waals surface area contributed by atoms with Crippen molar-refractivity contribution in [3.05, 3.63) is 48.0 Å². The Hall–Kier alpha value is -2.41. The molecule has 0 aromatic heterocycles. The Balaban J connectivity index is 1.63. The van der Waals surface area contributed by atoms with Gasteiger partial charge in [0.25, 0.3) is 0 Å². The standard InChI is InChI=1S/C20H24N2O4S/c1-2-22(13-19(23)21-17-10-11-27(25,26)14-17)20(24)12-16-8-5-7-15-6-3-4-9-18(15)16/h3-9,17H,2,10-14H2,1H3,(H,21,23)/t17-/m1/s1. The monoisotopic (exact) mass is 388 g/mol. The molecule has 0 radical (unpaired) electrons. The second-order valence-corrected chi connectivity index (χ2v) is 9.12. The molecule has 2 aromatic rings. The number of amides is 2. The second kappa shape index (κ2) is 8.08. The third kappa shape index (κ3) is 4.86. The minimum atomic E-state index is -3.05. The van der Waals surface area contributed by atoms with E-state index in [9.17, 15) is 18.0 Å². The number of nitrogens with one attached hydrogen (secondary N) is 1. The van der Waals surface area contributed by atoms with Gasteiger partial charge in [0.1, 0.15) is 0 Å². The van der Waals surface area contributed by atoms with Crippen LogP contribution >= 0.6 is 0 Å². The smallest absolute Gasteiger partial charge is 0.239 e. The summed E-state index contributed by atoms with van der Waals surface area (Å²) in [6.07, 6.45) is 0.657. The number of nitrogens with zero attached hydrogens (tertiary/aromatic N) is 1. The Morgan fingerprint density at radius 1 is 1.15 bits per heavy atom. The summed E-state index contributed by atoms with van der Waals surface area (Å²) >= 11 is 0. The van der Waals surface area contributed by atoms with Crippen LogP contribution in [0, 0.1) is 0 Å². The van der Waals surface area contributed by atoms with Crippen molar-refractivity contribution in [2.24, 2.45) is 0 Å². The highest BCUT2D eigenvalue weighted by Gasteiger charge is 2.29. The van der Waals surface area contributed by atoms with Gasteiger partial charge in [0.2, 0.25) is 11.8 Å². The van der Waals surface area contributed by atoms with Gasteiger partial charge in [0.05, 0.1) is 24.5 Å².